The summed E-state index contributed by atoms with van der Waals surface area (Å²) in [5.41, 5.74) is 0. The lowest BCUT2D eigenvalue weighted by atomic mass is 10.4. The summed E-state index contributed by atoms with van der Waals surface area (Å²) in [6.45, 7) is 2.03. The zero-order valence-corrected chi connectivity index (χ0v) is 8.73. The maximum absolute atomic E-state index is 11.3. The molecule has 6 heteroatoms. The predicted octanol–water partition coefficient (Wildman–Crippen LogP) is 1.27. The Morgan fingerprint density at radius 1 is 1.71 bits per heavy atom. The second-order valence-electron chi connectivity index (χ2n) is 3.16. The van der Waals surface area contributed by atoms with Gasteiger partial charge in [-0.25, -0.2) is 5.10 Å². The van der Waals surface area contributed by atoms with Gasteiger partial charge in [-0.1, -0.05) is 18.7 Å². The van der Waals surface area contributed by atoms with Gasteiger partial charge in [0.05, 0.1) is 0 Å². The summed E-state index contributed by atoms with van der Waals surface area (Å²) in [7, 11) is 0. The average Bonchev–Trinajstić information content (AvgIpc) is 2.92. The van der Waals surface area contributed by atoms with Crippen molar-refractivity contribution in [2.75, 3.05) is 11.1 Å². The number of aromatic nitrogens is 3. The Kier molecular flexibility index (Phi) is 2.72. The topological polar surface area (TPSA) is 70.7 Å². The largest absolute Gasteiger partial charge is 0.295 e. The summed E-state index contributed by atoms with van der Waals surface area (Å²) >= 11 is 1.54. The minimum atomic E-state index is 0.0502. The van der Waals surface area contributed by atoms with Crippen LogP contribution in [0, 0.1) is 5.92 Å². The van der Waals surface area contributed by atoms with Crippen molar-refractivity contribution in [1.82, 2.24) is 15.2 Å². The van der Waals surface area contributed by atoms with Gasteiger partial charge < -0.3 is 0 Å². The molecule has 0 spiro atoms. The van der Waals surface area contributed by atoms with E-state index >= 15 is 0 Å². The van der Waals surface area contributed by atoms with Crippen molar-refractivity contribution in [3.05, 3.63) is 0 Å². The van der Waals surface area contributed by atoms with Gasteiger partial charge >= 0.3 is 0 Å². The molecule has 0 bridgehead atoms. The van der Waals surface area contributed by atoms with Crippen molar-refractivity contribution >= 4 is 23.6 Å². The van der Waals surface area contributed by atoms with Crippen LogP contribution in [0.1, 0.15) is 19.8 Å². The molecule has 0 unspecified atom stereocenters. The van der Waals surface area contributed by atoms with E-state index in [9.17, 15) is 4.79 Å². The molecule has 1 aromatic heterocycles. The van der Waals surface area contributed by atoms with Gasteiger partial charge in [-0.05, 0) is 18.6 Å². The van der Waals surface area contributed by atoms with E-state index in [2.05, 4.69) is 20.5 Å². The first kappa shape index (κ1) is 9.51. The standard InChI is InChI=1S/C8H12N4OS/c1-2-14-8-10-7(11-12-8)9-6(13)5-3-4-5/h5H,2-4H2,1H3,(H2,9,10,11,12,13). The molecule has 0 atom stereocenters. The number of aromatic amines is 1. The monoisotopic (exact) mass is 212 g/mol. The molecule has 2 N–H and O–H groups in total. The average molecular weight is 212 g/mol. The molecule has 1 heterocycles. The first-order valence-corrected chi connectivity index (χ1v) is 5.64. The Balaban J connectivity index is 1.91. The molecule has 0 radical (unpaired) electrons. The van der Waals surface area contributed by atoms with E-state index in [0.29, 0.717) is 11.1 Å². The van der Waals surface area contributed by atoms with Crippen LogP contribution in [0.2, 0.25) is 0 Å². The van der Waals surface area contributed by atoms with Crippen LogP contribution >= 0.6 is 11.8 Å². The molecule has 5 nitrogen and oxygen atoms in total. The molecule has 0 aliphatic heterocycles. The molecule has 1 amide bonds. The van der Waals surface area contributed by atoms with Crippen LogP contribution < -0.4 is 5.32 Å². The molecule has 0 saturated heterocycles. The molecule has 1 aromatic rings. The van der Waals surface area contributed by atoms with Crippen LogP contribution in [0.3, 0.4) is 0 Å². The fourth-order valence-corrected chi connectivity index (χ4v) is 1.58. The molecule has 76 valence electrons. The third kappa shape index (κ3) is 2.25. The third-order valence-corrected chi connectivity index (χ3v) is 2.66. The van der Waals surface area contributed by atoms with Gasteiger partial charge in [0.2, 0.25) is 17.0 Å². The second-order valence-corrected chi connectivity index (χ2v) is 4.39. The Morgan fingerprint density at radius 2 is 2.50 bits per heavy atom. The highest BCUT2D eigenvalue weighted by Gasteiger charge is 2.30. The summed E-state index contributed by atoms with van der Waals surface area (Å²) in [4.78, 5) is 15.5. The molecular weight excluding hydrogens is 200 g/mol. The number of H-pyrrole nitrogens is 1. The number of carbonyl (C=O) groups excluding carboxylic acids is 1. The van der Waals surface area contributed by atoms with Gasteiger partial charge in [0.1, 0.15) is 0 Å². The highest BCUT2D eigenvalue weighted by Crippen LogP contribution is 2.29. The fourth-order valence-electron chi connectivity index (χ4n) is 1.06. The van der Waals surface area contributed by atoms with Gasteiger partial charge in [-0.3, -0.25) is 10.1 Å². The van der Waals surface area contributed by atoms with E-state index in [1.165, 1.54) is 0 Å². The molecule has 1 saturated carbocycles. The summed E-state index contributed by atoms with van der Waals surface area (Å²) < 4.78 is 0. The maximum Gasteiger partial charge on any atom is 0.229 e. The van der Waals surface area contributed by atoms with E-state index in [4.69, 9.17) is 0 Å². The first-order valence-electron chi connectivity index (χ1n) is 4.65. The second kappa shape index (κ2) is 4.00. The third-order valence-electron chi connectivity index (χ3n) is 1.93. The van der Waals surface area contributed by atoms with Crippen molar-refractivity contribution in [1.29, 1.82) is 0 Å². The molecular formula is C8H12N4OS. The van der Waals surface area contributed by atoms with Gasteiger partial charge in [0, 0.05) is 5.92 Å². The number of nitrogens with one attached hydrogen (secondary N) is 2. The van der Waals surface area contributed by atoms with Gasteiger partial charge in [-0.15, -0.1) is 5.10 Å². The van der Waals surface area contributed by atoms with E-state index < -0.39 is 0 Å². The first-order chi connectivity index (χ1) is 6.79. The van der Waals surface area contributed by atoms with Crippen molar-refractivity contribution in [2.24, 2.45) is 5.92 Å². The molecule has 14 heavy (non-hydrogen) atoms. The summed E-state index contributed by atoms with van der Waals surface area (Å²) in [6.07, 6.45) is 1.99. The number of rotatable bonds is 4. The Morgan fingerprint density at radius 3 is 3.14 bits per heavy atom. The smallest absolute Gasteiger partial charge is 0.229 e. The summed E-state index contributed by atoms with van der Waals surface area (Å²) in [5, 5.41) is 10.0. The molecule has 1 fully saturated rings. The SMILES string of the molecule is CCSc1n[nH]c(NC(=O)C2CC2)n1. The van der Waals surface area contributed by atoms with E-state index in [1.54, 1.807) is 11.8 Å². The van der Waals surface area contributed by atoms with Crippen LogP contribution in [-0.2, 0) is 4.79 Å². The Hall–Kier alpha value is -1.04. The lowest BCUT2D eigenvalue weighted by molar-refractivity contribution is -0.117. The van der Waals surface area contributed by atoms with Crippen molar-refractivity contribution in [3.63, 3.8) is 0 Å². The highest BCUT2D eigenvalue weighted by molar-refractivity contribution is 7.99. The van der Waals surface area contributed by atoms with Crippen LogP contribution in [0.15, 0.2) is 5.16 Å². The summed E-state index contributed by atoms with van der Waals surface area (Å²) in [5.74, 6) is 1.63. The predicted molar refractivity (Wildman–Crippen MR) is 54.1 cm³/mol. The number of anilines is 1. The van der Waals surface area contributed by atoms with Gasteiger partial charge in [0.15, 0.2) is 0 Å². The van der Waals surface area contributed by atoms with Crippen LogP contribution in [0.5, 0.6) is 0 Å². The lowest BCUT2D eigenvalue weighted by Gasteiger charge is -1.96. The number of carbonyl (C=O) groups is 1. The molecule has 1 aliphatic rings. The Labute approximate surface area is 86.1 Å². The summed E-state index contributed by atoms with van der Waals surface area (Å²) in [6, 6.07) is 0. The van der Waals surface area contributed by atoms with Crippen molar-refractivity contribution < 1.29 is 4.79 Å². The van der Waals surface area contributed by atoms with E-state index in [0.717, 1.165) is 18.6 Å². The van der Waals surface area contributed by atoms with Crippen LogP contribution in [-0.4, -0.2) is 26.8 Å². The maximum atomic E-state index is 11.3. The quantitative estimate of drug-likeness (QED) is 0.737. The highest BCUT2D eigenvalue weighted by atomic mass is 32.2. The zero-order chi connectivity index (χ0) is 9.97. The van der Waals surface area contributed by atoms with Crippen molar-refractivity contribution in [2.45, 2.75) is 24.9 Å². The molecule has 0 aromatic carbocycles. The van der Waals surface area contributed by atoms with Gasteiger partial charge in [-0.2, -0.15) is 4.98 Å². The number of hydrogen-bond acceptors (Lipinski definition) is 4. The fraction of sp³-hybridized carbons (Fsp3) is 0.625. The normalized spacial score (nSPS) is 15.5. The molecule has 1 aliphatic carbocycles. The molecule has 2 rings (SSSR count). The number of amides is 1. The number of hydrogen-bond donors (Lipinski definition) is 2. The van der Waals surface area contributed by atoms with E-state index in [-0.39, 0.29) is 11.8 Å². The number of nitrogens with zero attached hydrogens (tertiary/aromatic N) is 2. The van der Waals surface area contributed by atoms with Crippen molar-refractivity contribution in [3.8, 4) is 0 Å². The number of thioether (sulfide) groups is 1. The Bertz CT molecular complexity index is 334. The van der Waals surface area contributed by atoms with E-state index in [1.807, 2.05) is 6.92 Å². The zero-order valence-electron chi connectivity index (χ0n) is 7.91. The van der Waals surface area contributed by atoms with Crippen LogP contribution in [0.25, 0.3) is 0 Å². The van der Waals surface area contributed by atoms with Crippen LogP contribution in [0.4, 0.5) is 5.95 Å². The minimum Gasteiger partial charge on any atom is -0.295 e. The lowest BCUT2D eigenvalue weighted by Crippen LogP contribution is -2.14. The van der Waals surface area contributed by atoms with Gasteiger partial charge in [0.25, 0.3) is 0 Å². The minimum absolute atomic E-state index is 0.0502.